The number of hydrogen-bond acceptors (Lipinski definition) is 2. The predicted molar refractivity (Wildman–Crippen MR) is 86.8 cm³/mol. The van der Waals surface area contributed by atoms with Crippen LogP contribution < -0.4 is 0 Å². The van der Waals surface area contributed by atoms with Crippen molar-refractivity contribution in [2.45, 2.75) is 70.6 Å². The third kappa shape index (κ3) is 2.81. The van der Waals surface area contributed by atoms with Gasteiger partial charge in [0.05, 0.1) is 6.10 Å². The van der Waals surface area contributed by atoms with E-state index in [1.165, 1.54) is 6.42 Å². The highest BCUT2D eigenvalue weighted by Crippen LogP contribution is 2.35. The third-order valence-corrected chi connectivity index (χ3v) is 5.39. The van der Waals surface area contributed by atoms with Gasteiger partial charge in [-0.3, -0.25) is 4.79 Å². The Kier molecular flexibility index (Phi) is 4.57. The molecule has 2 aliphatic rings. The van der Waals surface area contributed by atoms with E-state index < -0.39 is 0 Å². The summed E-state index contributed by atoms with van der Waals surface area (Å²) in [6.45, 7) is 5.03. The van der Waals surface area contributed by atoms with E-state index >= 15 is 0 Å². The molecule has 0 spiro atoms. The quantitative estimate of drug-likeness (QED) is 0.932. The van der Waals surface area contributed by atoms with E-state index in [9.17, 15) is 9.90 Å². The number of nitrogens with zero attached hydrogens (tertiary/aromatic N) is 2. The SMILES string of the molecule is CC(C)n1cccc1C(=O)N1CCC[C@@H]1[C@@H]1CCCC[C@@H]1O. The number of rotatable bonds is 3. The van der Waals surface area contributed by atoms with Crippen molar-refractivity contribution < 1.29 is 9.90 Å². The van der Waals surface area contributed by atoms with E-state index in [1.54, 1.807) is 0 Å². The monoisotopic (exact) mass is 304 g/mol. The highest BCUT2D eigenvalue weighted by molar-refractivity contribution is 5.93. The lowest BCUT2D eigenvalue weighted by Crippen LogP contribution is -2.45. The van der Waals surface area contributed by atoms with Crippen molar-refractivity contribution in [3.05, 3.63) is 24.0 Å². The van der Waals surface area contributed by atoms with Crippen LogP contribution in [0.2, 0.25) is 0 Å². The van der Waals surface area contributed by atoms with Crippen molar-refractivity contribution in [1.29, 1.82) is 0 Å². The van der Waals surface area contributed by atoms with Crippen molar-refractivity contribution in [2.24, 2.45) is 5.92 Å². The molecule has 4 nitrogen and oxygen atoms in total. The van der Waals surface area contributed by atoms with Crippen LogP contribution in [0.25, 0.3) is 0 Å². The molecule has 122 valence electrons. The molecule has 0 radical (unpaired) electrons. The number of aromatic nitrogens is 1. The summed E-state index contributed by atoms with van der Waals surface area (Å²) in [5.74, 6) is 0.404. The summed E-state index contributed by atoms with van der Waals surface area (Å²) >= 11 is 0. The molecule has 4 heteroatoms. The largest absolute Gasteiger partial charge is 0.393 e. The maximum Gasteiger partial charge on any atom is 0.270 e. The van der Waals surface area contributed by atoms with Crippen LogP contribution in [0, 0.1) is 5.92 Å². The van der Waals surface area contributed by atoms with Crippen molar-refractivity contribution in [3.63, 3.8) is 0 Å². The summed E-state index contributed by atoms with van der Waals surface area (Å²) in [6, 6.07) is 4.39. The third-order valence-electron chi connectivity index (χ3n) is 5.39. The number of aliphatic hydroxyl groups excluding tert-OH is 1. The fourth-order valence-corrected chi connectivity index (χ4v) is 4.25. The van der Waals surface area contributed by atoms with Crippen molar-refractivity contribution in [2.75, 3.05) is 6.54 Å². The Morgan fingerprint density at radius 3 is 2.73 bits per heavy atom. The zero-order valence-corrected chi connectivity index (χ0v) is 13.7. The molecule has 1 saturated heterocycles. The first-order chi connectivity index (χ1) is 10.6. The molecule has 1 N–H and O–H groups in total. The molecular formula is C18H28N2O2. The molecule has 3 rings (SSSR count). The number of carbonyl (C=O) groups is 1. The maximum atomic E-state index is 13.0. The summed E-state index contributed by atoms with van der Waals surface area (Å²) in [5, 5.41) is 10.4. The van der Waals surface area contributed by atoms with Gasteiger partial charge in [0.1, 0.15) is 5.69 Å². The molecule has 1 aliphatic carbocycles. The fourth-order valence-electron chi connectivity index (χ4n) is 4.25. The molecular weight excluding hydrogens is 276 g/mol. The molecule has 1 saturated carbocycles. The van der Waals surface area contributed by atoms with Gasteiger partial charge in [-0.25, -0.2) is 0 Å². The molecule has 1 aromatic rings. The molecule has 0 aromatic carbocycles. The lowest BCUT2D eigenvalue weighted by atomic mass is 9.80. The van der Waals surface area contributed by atoms with Crippen LogP contribution in [-0.4, -0.2) is 39.2 Å². The van der Waals surface area contributed by atoms with Crippen LogP contribution in [0.1, 0.15) is 68.9 Å². The summed E-state index contributed by atoms with van der Waals surface area (Å²) in [5.41, 5.74) is 0.784. The second-order valence-corrected chi connectivity index (χ2v) is 7.12. The van der Waals surface area contributed by atoms with E-state index in [2.05, 4.69) is 18.4 Å². The minimum absolute atomic E-state index is 0.138. The molecule has 3 atom stereocenters. The van der Waals surface area contributed by atoms with Crippen LogP contribution in [-0.2, 0) is 0 Å². The van der Waals surface area contributed by atoms with Crippen LogP contribution in [0.4, 0.5) is 0 Å². The summed E-state index contributed by atoms with van der Waals surface area (Å²) in [6.07, 6.45) is 8.10. The normalized spacial score (nSPS) is 29.3. The summed E-state index contributed by atoms with van der Waals surface area (Å²) < 4.78 is 2.05. The van der Waals surface area contributed by atoms with Gasteiger partial charge >= 0.3 is 0 Å². The maximum absolute atomic E-state index is 13.0. The first-order valence-electron chi connectivity index (χ1n) is 8.75. The molecule has 1 aromatic heterocycles. The van der Waals surface area contributed by atoms with Gasteiger partial charge in [0.2, 0.25) is 0 Å². The zero-order chi connectivity index (χ0) is 15.7. The minimum atomic E-state index is -0.232. The Morgan fingerprint density at radius 2 is 2.00 bits per heavy atom. The molecule has 0 unspecified atom stereocenters. The van der Waals surface area contributed by atoms with Gasteiger partial charge in [0.15, 0.2) is 0 Å². The summed E-state index contributed by atoms with van der Waals surface area (Å²) in [4.78, 5) is 15.1. The predicted octanol–water partition coefficient (Wildman–Crippen LogP) is 3.22. The zero-order valence-electron chi connectivity index (χ0n) is 13.7. The van der Waals surface area contributed by atoms with Crippen molar-refractivity contribution >= 4 is 5.91 Å². The first-order valence-corrected chi connectivity index (χ1v) is 8.75. The van der Waals surface area contributed by atoms with Gasteiger partial charge in [-0.15, -0.1) is 0 Å². The van der Waals surface area contributed by atoms with Crippen LogP contribution in [0.5, 0.6) is 0 Å². The minimum Gasteiger partial charge on any atom is -0.393 e. The molecule has 1 amide bonds. The Morgan fingerprint density at radius 1 is 1.23 bits per heavy atom. The van der Waals surface area contributed by atoms with E-state index in [-0.39, 0.29) is 30.0 Å². The smallest absolute Gasteiger partial charge is 0.270 e. The standard InChI is InChI=1S/C18H28N2O2/c1-13(2)19-11-6-9-16(19)18(22)20-12-5-8-15(20)14-7-3-4-10-17(14)21/h6,9,11,13-15,17,21H,3-5,7-8,10,12H2,1-2H3/t14-,15+,17-/m0/s1. The molecule has 0 bridgehead atoms. The Hall–Kier alpha value is -1.29. The van der Waals surface area contributed by atoms with Gasteiger partial charge in [-0.05, 0) is 51.7 Å². The second kappa shape index (κ2) is 6.45. The number of aliphatic hydroxyl groups is 1. The Labute approximate surface area is 133 Å². The fraction of sp³-hybridized carbons (Fsp3) is 0.722. The lowest BCUT2D eigenvalue weighted by Gasteiger charge is -2.37. The molecule has 22 heavy (non-hydrogen) atoms. The lowest BCUT2D eigenvalue weighted by molar-refractivity contribution is 0.0207. The first kappa shape index (κ1) is 15.6. The van der Waals surface area contributed by atoms with E-state index in [1.807, 2.05) is 23.2 Å². The van der Waals surface area contributed by atoms with Crippen LogP contribution >= 0.6 is 0 Å². The van der Waals surface area contributed by atoms with E-state index in [4.69, 9.17) is 0 Å². The number of likely N-dealkylation sites (tertiary alicyclic amines) is 1. The molecule has 2 fully saturated rings. The number of amides is 1. The van der Waals surface area contributed by atoms with Crippen LogP contribution in [0.3, 0.4) is 0 Å². The topological polar surface area (TPSA) is 45.5 Å². The number of hydrogen-bond donors (Lipinski definition) is 1. The molecule has 2 heterocycles. The van der Waals surface area contributed by atoms with E-state index in [0.29, 0.717) is 0 Å². The van der Waals surface area contributed by atoms with Crippen molar-refractivity contribution in [3.8, 4) is 0 Å². The van der Waals surface area contributed by atoms with Gasteiger partial charge in [0.25, 0.3) is 5.91 Å². The Bertz CT molecular complexity index is 523. The second-order valence-electron chi connectivity index (χ2n) is 7.12. The van der Waals surface area contributed by atoms with E-state index in [0.717, 1.165) is 44.3 Å². The number of carbonyl (C=O) groups excluding carboxylic acids is 1. The van der Waals surface area contributed by atoms with Gasteiger partial charge in [0, 0.05) is 30.7 Å². The average molecular weight is 304 g/mol. The highest BCUT2D eigenvalue weighted by atomic mass is 16.3. The highest BCUT2D eigenvalue weighted by Gasteiger charge is 2.39. The van der Waals surface area contributed by atoms with Gasteiger partial charge in [-0.1, -0.05) is 12.8 Å². The Balaban J connectivity index is 1.80. The van der Waals surface area contributed by atoms with Crippen LogP contribution in [0.15, 0.2) is 18.3 Å². The summed E-state index contributed by atoms with van der Waals surface area (Å²) in [7, 11) is 0. The average Bonchev–Trinajstić information content (AvgIpc) is 3.16. The van der Waals surface area contributed by atoms with Gasteiger partial charge < -0.3 is 14.6 Å². The van der Waals surface area contributed by atoms with Gasteiger partial charge in [-0.2, -0.15) is 0 Å². The molecule has 1 aliphatic heterocycles. The van der Waals surface area contributed by atoms with Crippen molar-refractivity contribution in [1.82, 2.24) is 9.47 Å².